The molecule has 9 heteroatoms. The fourth-order valence-corrected chi connectivity index (χ4v) is 4.60. The number of nitrogens with zero attached hydrogens (tertiary/aromatic N) is 2. The van der Waals surface area contributed by atoms with Gasteiger partial charge in [-0.2, -0.15) is 4.31 Å². The van der Waals surface area contributed by atoms with E-state index in [4.69, 9.17) is 0 Å². The third-order valence-electron chi connectivity index (χ3n) is 4.65. The van der Waals surface area contributed by atoms with Crippen LogP contribution in [0.25, 0.3) is 0 Å². The summed E-state index contributed by atoms with van der Waals surface area (Å²) in [6.07, 6.45) is 2.80. The van der Waals surface area contributed by atoms with Gasteiger partial charge in [0.25, 0.3) is 11.6 Å². The second kappa shape index (κ2) is 8.49. The minimum absolute atomic E-state index is 0.153. The van der Waals surface area contributed by atoms with E-state index in [9.17, 15) is 23.3 Å². The van der Waals surface area contributed by atoms with Gasteiger partial charge < -0.3 is 5.32 Å². The third-order valence-corrected chi connectivity index (χ3v) is 6.56. The lowest BCUT2D eigenvalue weighted by molar-refractivity contribution is -0.384. The van der Waals surface area contributed by atoms with Crippen molar-refractivity contribution in [1.29, 1.82) is 0 Å². The van der Waals surface area contributed by atoms with Crippen LogP contribution in [0.4, 0.5) is 5.69 Å². The second-order valence-corrected chi connectivity index (χ2v) is 8.54. The zero-order valence-corrected chi connectivity index (χ0v) is 16.0. The zero-order valence-electron chi connectivity index (χ0n) is 15.2. The Morgan fingerprint density at radius 1 is 1.07 bits per heavy atom. The molecule has 0 bridgehead atoms. The molecule has 0 unspecified atom stereocenters. The number of non-ortho nitro benzene ring substituents is 1. The number of hydrogen-bond acceptors (Lipinski definition) is 5. The van der Waals surface area contributed by atoms with E-state index in [1.54, 1.807) is 24.3 Å². The van der Waals surface area contributed by atoms with Crippen molar-refractivity contribution in [3.63, 3.8) is 0 Å². The van der Waals surface area contributed by atoms with Crippen molar-refractivity contribution in [2.75, 3.05) is 13.1 Å². The van der Waals surface area contributed by atoms with Crippen LogP contribution in [0, 0.1) is 10.1 Å². The van der Waals surface area contributed by atoms with Gasteiger partial charge in [0.2, 0.25) is 10.0 Å². The quantitative estimate of drug-likeness (QED) is 0.589. The molecule has 1 heterocycles. The SMILES string of the molecule is O=C(NCc1ccc(S(=O)(=O)N2CCCCC2)cc1)c1cccc([N+](=O)[O-])c1. The lowest BCUT2D eigenvalue weighted by atomic mass is 10.1. The van der Waals surface area contributed by atoms with Gasteiger partial charge in [0.05, 0.1) is 9.82 Å². The molecule has 0 aromatic heterocycles. The number of sulfonamides is 1. The topological polar surface area (TPSA) is 110 Å². The second-order valence-electron chi connectivity index (χ2n) is 6.60. The van der Waals surface area contributed by atoms with Crippen molar-refractivity contribution in [2.24, 2.45) is 0 Å². The van der Waals surface area contributed by atoms with Crippen molar-refractivity contribution < 1.29 is 18.1 Å². The lowest BCUT2D eigenvalue weighted by Gasteiger charge is -2.25. The Bertz CT molecular complexity index is 967. The largest absolute Gasteiger partial charge is 0.348 e. The number of benzene rings is 2. The van der Waals surface area contributed by atoms with Crippen molar-refractivity contribution in [3.05, 3.63) is 69.8 Å². The molecule has 2 aromatic carbocycles. The van der Waals surface area contributed by atoms with Crippen LogP contribution in [-0.2, 0) is 16.6 Å². The fourth-order valence-electron chi connectivity index (χ4n) is 3.08. The Morgan fingerprint density at radius 2 is 1.75 bits per heavy atom. The highest BCUT2D eigenvalue weighted by molar-refractivity contribution is 7.89. The van der Waals surface area contributed by atoms with Crippen LogP contribution in [0.15, 0.2) is 53.4 Å². The average molecular weight is 403 g/mol. The molecule has 148 valence electrons. The molecule has 0 saturated carbocycles. The van der Waals surface area contributed by atoms with Gasteiger partial charge in [0.1, 0.15) is 0 Å². The van der Waals surface area contributed by atoms with Gasteiger partial charge in [-0.05, 0) is 36.6 Å². The Balaban J connectivity index is 1.63. The van der Waals surface area contributed by atoms with Crippen LogP contribution in [-0.4, -0.2) is 36.6 Å². The highest BCUT2D eigenvalue weighted by Crippen LogP contribution is 2.21. The van der Waals surface area contributed by atoms with E-state index < -0.39 is 20.9 Å². The Kier molecular flexibility index (Phi) is 6.05. The first-order valence-electron chi connectivity index (χ1n) is 9.00. The number of piperidine rings is 1. The van der Waals surface area contributed by atoms with Crippen LogP contribution < -0.4 is 5.32 Å². The Hall–Kier alpha value is -2.78. The molecule has 1 N–H and O–H groups in total. The van der Waals surface area contributed by atoms with Crippen molar-refractivity contribution in [2.45, 2.75) is 30.7 Å². The van der Waals surface area contributed by atoms with E-state index in [0.29, 0.717) is 13.1 Å². The normalized spacial score (nSPS) is 15.1. The number of nitro benzene ring substituents is 1. The first kappa shape index (κ1) is 20.0. The van der Waals surface area contributed by atoms with Crippen molar-refractivity contribution in [1.82, 2.24) is 9.62 Å². The molecule has 1 aliphatic rings. The van der Waals surface area contributed by atoms with Gasteiger partial charge >= 0.3 is 0 Å². The summed E-state index contributed by atoms with van der Waals surface area (Å²) in [5.41, 5.74) is 0.773. The van der Waals surface area contributed by atoms with Crippen LogP contribution in [0.5, 0.6) is 0 Å². The van der Waals surface area contributed by atoms with E-state index in [2.05, 4.69) is 5.32 Å². The first-order valence-corrected chi connectivity index (χ1v) is 10.4. The molecule has 3 rings (SSSR count). The number of hydrogen-bond donors (Lipinski definition) is 1. The van der Waals surface area contributed by atoms with E-state index in [0.717, 1.165) is 24.8 Å². The minimum Gasteiger partial charge on any atom is -0.348 e. The summed E-state index contributed by atoms with van der Waals surface area (Å²) in [6.45, 7) is 1.28. The molecule has 1 aliphatic heterocycles. The highest BCUT2D eigenvalue weighted by Gasteiger charge is 2.25. The van der Waals surface area contributed by atoms with Gasteiger partial charge in [-0.25, -0.2) is 8.42 Å². The Morgan fingerprint density at radius 3 is 2.39 bits per heavy atom. The fraction of sp³-hybridized carbons (Fsp3) is 0.316. The maximum atomic E-state index is 12.6. The van der Waals surface area contributed by atoms with Gasteiger partial charge in [0.15, 0.2) is 0 Å². The number of nitro groups is 1. The number of nitrogens with one attached hydrogen (secondary N) is 1. The zero-order chi connectivity index (χ0) is 20.1. The van der Waals surface area contributed by atoms with E-state index in [1.807, 2.05) is 0 Å². The summed E-state index contributed by atoms with van der Waals surface area (Å²) in [5, 5.41) is 13.5. The summed E-state index contributed by atoms with van der Waals surface area (Å²) in [4.78, 5) is 22.7. The molecule has 1 saturated heterocycles. The highest BCUT2D eigenvalue weighted by atomic mass is 32.2. The van der Waals surface area contributed by atoms with Gasteiger partial charge in [-0.1, -0.05) is 24.6 Å². The average Bonchev–Trinajstić information content (AvgIpc) is 2.73. The van der Waals surface area contributed by atoms with Gasteiger partial charge in [0, 0.05) is 37.3 Å². The van der Waals surface area contributed by atoms with E-state index in [1.165, 1.54) is 28.6 Å². The van der Waals surface area contributed by atoms with Crippen molar-refractivity contribution >= 4 is 21.6 Å². The molecule has 0 spiro atoms. The standard InChI is InChI=1S/C19H21N3O5S/c23-19(16-5-4-6-17(13-16)22(24)25)20-14-15-7-9-18(10-8-15)28(26,27)21-11-2-1-3-12-21/h4-10,13H,1-3,11-12,14H2,(H,20,23). The maximum absolute atomic E-state index is 12.6. The third kappa shape index (κ3) is 4.55. The van der Waals surface area contributed by atoms with E-state index >= 15 is 0 Å². The maximum Gasteiger partial charge on any atom is 0.270 e. The monoisotopic (exact) mass is 403 g/mol. The molecular weight excluding hydrogens is 382 g/mol. The summed E-state index contributed by atoms with van der Waals surface area (Å²) in [6, 6.07) is 11.9. The molecule has 0 aliphatic carbocycles. The molecule has 0 atom stereocenters. The Labute approximate surface area is 163 Å². The molecule has 0 radical (unpaired) electrons. The van der Waals surface area contributed by atoms with Crippen LogP contribution in [0.1, 0.15) is 35.2 Å². The number of rotatable bonds is 6. The van der Waals surface area contributed by atoms with Crippen LogP contribution >= 0.6 is 0 Å². The summed E-state index contributed by atoms with van der Waals surface area (Å²) in [7, 11) is -3.48. The van der Waals surface area contributed by atoms with Crippen LogP contribution in [0.2, 0.25) is 0 Å². The predicted octanol–water partition coefficient (Wildman–Crippen LogP) is 2.70. The molecule has 2 aromatic rings. The van der Waals surface area contributed by atoms with Crippen molar-refractivity contribution in [3.8, 4) is 0 Å². The summed E-state index contributed by atoms with van der Waals surface area (Å²) in [5.74, 6) is -0.436. The van der Waals surface area contributed by atoms with Crippen LogP contribution in [0.3, 0.4) is 0 Å². The molecule has 8 nitrogen and oxygen atoms in total. The smallest absolute Gasteiger partial charge is 0.270 e. The molecule has 1 amide bonds. The lowest BCUT2D eigenvalue weighted by Crippen LogP contribution is -2.35. The number of carbonyl (C=O) groups excluding carboxylic acids is 1. The summed E-state index contributed by atoms with van der Waals surface area (Å²) < 4.78 is 26.8. The van der Waals surface area contributed by atoms with Gasteiger partial charge in [-0.3, -0.25) is 14.9 Å². The summed E-state index contributed by atoms with van der Waals surface area (Å²) >= 11 is 0. The number of amides is 1. The molecule has 28 heavy (non-hydrogen) atoms. The van der Waals surface area contributed by atoms with Gasteiger partial charge in [-0.15, -0.1) is 0 Å². The van der Waals surface area contributed by atoms with E-state index in [-0.39, 0.29) is 22.7 Å². The number of carbonyl (C=O) groups is 1. The predicted molar refractivity (Wildman–Crippen MR) is 103 cm³/mol. The molecular formula is C19H21N3O5S. The minimum atomic E-state index is -3.48. The molecule has 1 fully saturated rings. The first-order chi connectivity index (χ1) is 13.4.